The van der Waals surface area contributed by atoms with Crippen LogP contribution in [0.4, 0.5) is 0 Å². The van der Waals surface area contributed by atoms with Crippen LogP contribution in [0.1, 0.15) is 29.7 Å². The van der Waals surface area contributed by atoms with Crippen molar-refractivity contribution in [1.29, 1.82) is 0 Å². The minimum atomic E-state index is -0.377. The van der Waals surface area contributed by atoms with Gasteiger partial charge in [-0.05, 0) is 13.3 Å². The molecule has 0 unspecified atom stereocenters. The first kappa shape index (κ1) is 14.0. The van der Waals surface area contributed by atoms with Crippen LogP contribution >= 0.6 is 0 Å². The summed E-state index contributed by atoms with van der Waals surface area (Å²) in [4.78, 5) is 27.4. The fourth-order valence-electron chi connectivity index (χ4n) is 1.90. The largest absolute Gasteiger partial charge is 0.456 e. The molecule has 1 atom stereocenters. The van der Waals surface area contributed by atoms with E-state index in [9.17, 15) is 9.59 Å². The Balaban J connectivity index is 2.06. The molecule has 0 radical (unpaired) electrons. The lowest BCUT2D eigenvalue weighted by molar-refractivity contribution is 0.0899. The maximum atomic E-state index is 12.1. The molecule has 0 bridgehead atoms. The topological polar surface area (TPSA) is 77.1 Å². The van der Waals surface area contributed by atoms with Gasteiger partial charge in [-0.3, -0.25) is 9.59 Å². The second kappa shape index (κ2) is 6.18. The molecule has 0 aliphatic carbocycles. The van der Waals surface area contributed by atoms with E-state index < -0.39 is 0 Å². The Morgan fingerprint density at radius 3 is 2.90 bits per heavy atom. The van der Waals surface area contributed by atoms with Gasteiger partial charge in [-0.1, -0.05) is 6.92 Å². The molecule has 1 N–H and O–H groups in total. The van der Waals surface area contributed by atoms with Crippen LogP contribution in [0.15, 0.2) is 40.1 Å². The SMILES string of the molecule is CC[C@@H](Cn1ccnc1)NC(=O)c1cc(=O)cc(C)o1. The molecule has 0 saturated carbocycles. The number of aromatic nitrogens is 2. The van der Waals surface area contributed by atoms with Crippen LogP contribution in [0.5, 0.6) is 0 Å². The second-order valence-electron chi connectivity index (χ2n) is 4.61. The number of rotatable bonds is 5. The van der Waals surface area contributed by atoms with Gasteiger partial charge in [0.1, 0.15) is 5.76 Å². The number of carbonyl (C=O) groups excluding carboxylic acids is 1. The van der Waals surface area contributed by atoms with Crippen LogP contribution in [0.3, 0.4) is 0 Å². The molecule has 0 aliphatic heterocycles. The summed E-state index contributed by atoms with van der Waals surface area (Å²) in [6.45, 7) is 4.24. The number of hydrogen-bond acceptors (Lipinski definition) is 4. The Labute approximate surface area is 116 Å². The summed E-state index contributed by atoms with van der Waals surface area (Å²) < 4.78 is 7.16. The molecule has 2 heterocycles. The van der Waals surface area contributed by atoms with Crippen LogP contribution in [0.25, 0.3) is 0 Å². The van der Waals surface area contributed by atoms with Crippen molar-refractivity contribution in [2.24, 2.45) is 0 Å². The summed E-state index contributed by atoms with van der Waals surface area (Å²) in [6, 6.07) is 2.49. The molecule has 0 aliphatic rings. The van der Waals surface area contributed by atoms with Crippen LogP contribution in [-0.2, 0) is 6.54 Å². The Hall–Kier alpha value is -2.37. The normalized spacial score (nSPS) is 12.1. The van der Waals surface area contributed by atoms with Gasteiger partial charge in [0.05, 0.1) is 6.33 Å². The zero-order valence-corrected chi connectivity index (χ0v) is 11.5. The van der Waals surface area contributed by atoms with Crippen molar-refractivity contribution in [1.82, 2.24) is 14.9 Å². The zero-order chi connectivity index (χ0) is 14.5. The van der Waals surface area contributed by atoms with Crippen LogP contribution in [0, 0.1) is 6.92 Å². The van der Waals surface area contributed by atoms with E-state index in [0.717, 1.165) is 6.42 Å². The van der Waals surface area contributed by atoms with E-state index in [1.807, 2.05) is 17.7 Å². The minimum absolute atomic E-state index is 0.0408. The lowest BCUT2D eigenvalue weighted by Crippen LogP contribution is -2.37. The monoisotopic (exact) mass is 275 g/mol. The number of carbonyl (C=O) groups is 1. The highest BCUT2D eigenvalue weighted by Gasteiger charge is 2.15. The highest BCUT2D eigenvalue weighted by molar-refractivity contribution is 5.91. The van der Waals surface area contributed by atoms with Gasteiger partial charge in [0.25, 0.3) is 5.91 Å². The third-order valence-corrected chi connectivity index (χ3v) is 2.93. The Bertz CT molecular complexity index is 631. The number of aryl methyl sites for hydroxylation is 1. The molecule has 2 rings (SSSR count). The van der Waals surface area contributed by atoms with Gasteiger partial charge in [0.2, 0.25) is 0 Å². The molecule has 0 fully saturated rings. The molecule has 0 aromatic carbocycles. The van der Waals surface area contributed by atoms with Gasteiger partial charge in [-0.25, -0.2) is 4.98 Å². The fourth-order valence-corrected chi connectivity index (χ4v) is 1.90. The van der Waals surface area contributed by atoms with E-state index in [0.29, 0.717) is 12.3 Å². The Kier molecular flexibility index (Phi) is 4.34. The Morgan fingerprint density at radius 1 is 1.50 bits per heavy atom. The van der Waals surface area contributed by atoms with Gasteiger partial charge < -0.3 is 14.3 Å². The first-order valence-electron chi connectivity index (χ1n) is 6.47. The third kappa shape index (κ3) is 3.57. The number of nitrogens with one attached hydrogen (secondary N) is 1. The van der Waals surface area contributed by atoms with Crippen molar-refractivity contribution in [3.05, 3.63) is 52.6 Å². The average molecular weight is 275 g/mol. The van der Waals surface area contributed by atoms with E-state index in [4.69, 9.17) is 4.42 Å². The van der Waals surface area contributed by atoms with Gasteiger partial charge in [0.15, 0.2) is 11.2 Å². The number of imidazole rings is 1. The maximum Gasteiger partial charge on any atom is 0.287 e. The van der Waals surface area contributed by atoms with Crippen LogP contribution < -0.4 is 10.7 Å². The molecule has 0 spiro atoms. The van der Waals surface area contributed by atoms with Crippen molar-refractivity contribution < 1.29 is 9.21 Å². The first-order chi connectivity index (χ1) is 9.58. The van der Waals surface area contributed by atoms with E-state index in [1.54, 1.807) is 19.4 Å². The number of nitrogens with zero attached hydrogens (tertiary/aromatic N) is 2. The summed E-state index contributed by atoms with van der Waals surface area (Å²) in [7, 11) is 0. The third-order valence-electron chi connectivity index (χ3n) is 2.93. The molecule has 0 saturated heterocycles. The zero-order valence-electron chi connectivity index (χ0n) is 11.5. The van der Waals surface area contributed by atoms with Crippen molar-refractivity contribution in [3.63, 3.8) is 0 Å². The summed E-state index contributed by atoms with van der Waals surface area (Å²) in [5.74, 6) is 0.0853. The molecule has 2 aromatic rings. The summed E-state index contributed by atoms with van der Waals surface area (Å²) in [6.07, 6.45) is 5.98. The molecule has 1 amide bonds. The van der Waals surface area contributed by atoms with Crippen molar-refractivity contribution in [2.75, 3.05) is 0 Å². The van der Waals surface area contributed by atoms with Crippen LogP contribution in [0.2, 0.25) is 0 Å². The molecule has 106 valence electrons. The van der Waals surface area contributed by atoms with E-state index in [-0.39, 0.29) is 23.1 Å². The average Bonchev–Trinajstić information content (AvgIpc) is 2.89. The molecule has 6 heteroatoms. The predicted molar refractivity (Wildman–Crippen MR) is 73.5 cm³/mol. The van der Waals surface area contributed by atoms with Gasteiger partial charge in [-0.2, -0.15) is 0 Å². The lowest BCUT2D eigenvalue weighted by Gasteiger charge is -2.17. The van der Waals surface area contributed by atoms with E-state index in [2.05, 4.69) is 10.3 Å². The molecule has 20 heavy (non-hydrogen) atoms. The highest BCUT2D eigenvalue weighted by atomic mass is 16.3. The second-order valence-corrected chi connectivity index (χ2v) is 4.61. The minimum Gasteiger partial charge on any atom is -0.456 e. The summed E-state index contributed by atoms with van der Waals surface area (Å²) >= 11 is 0. The Morgan fingerprint density at radius 2 is 2.30 bits per heavy atom. The highest BCUT2D eigenvalue weighted by Crippen LogP contribution is 2.03. The van der Waals surface area contributed by atoms with Crippen molar-refractivity contribution in [3.8, 4) is 0 Å². The lowest BCUT2D eigenvalue weighted by atomic mass is 10.2. The fraction of sp³-hybridized carbons (Fsp3) is 0.357. The van der Waals surface area contributed by atoms with E-state index in [1.165, 1.54) is 12.1 Å². The van der Waals surface area contributed by atoms with Gasteiger partial charge >= 0.3 is 0 Å². The summed E-state index contributed by atoms with van der Waals surface area (Å²) in [5.41, 5.74) is -0.235. The van der Waals surface area contributed by atoms with E-state index >= 15 is 0 Å². The quantitative estimate of drug-likeness (QED) is 0.893. The van der Waals surface area contributed by atoms with Crippen molar-refractivity contribution in [2.45, 2.75) is 32.9 Å². The first-order valence-corrected chi connectivity index (χ1v) is 6.47. The smallest absolute Gasteiger partial charge is 0.287 e. The van der Waals surface area contributed by atoms with Gasteiger partial charge in [-0.15, -0.1) is 0 Å². The maximum absolute atomic E-state index is 12.1. The molecular formula is C14H17N3O3. The predicted octanol–water partition coefficient (Wildman–Crippen LogP) is 1.35. The number of hydrogen-bond donors (Lipinski definition) is 1. The van der Waals surface area contributed by atoms with Crippen molar-refractivity contribution >= 4 is 5.91 Å². The van der Waals surface area contributed by atoms with Crippen LogP contribution in [-0.4, -0.2) is 21.5 Å². The molecule has 2 aromatic heterocycles. The standard InChI is InChI=1S/C14H17N3O3/c1-3-11(8-17-5-4-15-9-17)16-14(19)13-7-12(18)6-10(2)20-13/h4-7,9,11H,3,8H2,1-2H3,(H,16,19)/t11-/m0/s1. The summed E-state index contributed by atoms with van der Waals surface area (Å²) in [5, 5.41) is 2.86. The molecular weight excluding hydrogens is 258 g/mol. The van der Waals surface area contributed by atoms with Gasteiger partial charge in [0, 0.05) is 37.1 Å². The number of amides is 1. The molecule has 6 nitrogen and oxygen atoms in total.